The summed E-state index contributed by atoms with van der Waals surface area (Å²) >= 11 is 0. The average Bonchev–Trinajstić information content (AvgIpc) is 2.47. The van der Waals surface area contributed by atoms with Gasteiger partial charge in [-0.05, 0) is 37.8 Å². The fourth-order valence-electron chi connectivity index (χ4n) is 2.89. The minimum atomic E-state index is -1.31. The van der Waals surface area contributed by atoms with Crippen LogP contribution >= 0.6 is 0 Å². The lowest BCUT2D eigenvalue weighted by atomic mass is 9.97. The minimum absolute atomic E-state index is 0.00601. The maximum absolute atomic E-state index is 11.3. The molecule has 0 amide bonds. The number of hydrogen-bond acceptors (Lipinski definition) is 5. The molecule has 0 aromatic heterocycles. The highest BCUT2D eigenvalue weighted by molar-refractivity contribution is 5.95. The Balaban J connectivity index is 2.48. The van der Waals surface area contributed by atoms with Gasteiger partial charge in [0.25, 0.3) is 0 Å². The standard InChI is InChI=1S/C14H18N2O5/c17-9-7-10-4-1-2-8-15(10)12-6-3-5-11(14(18)19)13(12)16(20)21/h3,5-6,10,17H,1-2,4,7-9H2,(H,18,19). The van der Waals surface area contributed by atoms with E-state index in [1.165, 1.54) is 12.1 Å². The molecule has 2 N–H and O–H groups in total. The number of piperidine rings is 1. The van der Waals surface area contributed by atoms with Crippen molar-refractivity contribution in [1.29, 1.82) is 0 Å². The zero-order chi connectivity index (χ0) is 15.4. The number of nitro groups is 1. The normalized spacial score (nSPS) is 18.5. The maximum atomic E-state index is 11.3. The van der Waals surface area contributed by atoms with Crippen LogP contribution in [-0.4, -0.2) is 40.3 Å². The van der Waals surface area contributed by atoms with Gasteiger partial charge in [0.15, 0.2) is 0 Å². The summed E-state index contributed by atoms with van der Waals surface area (Å²) in [6, 6.07) is 4.36. The number of hydrogen-bond donors (Lipinski definition) is 2. The molecule has 1 aliphatic rings. The summed E-state index contributed by atoms with van der Waals surface area (Å²) in [5.41, 5.74) is -0.335. The third-order valence-corrected chi connectivity index (χ3v) is 3.83. The van der Waals surface area contributed by atoms with Gasteiger partial charge in [-0.1, -0.05) is 6.07 Å². The van der Waals surface area contributed by atoms with E-state index in [1.807, 2.05) is 4.90 Å². The van der Waals surface area contributed by atoms with E-state index in [2.05, 4.69) is 0 Å². The second-order valence-electron chi connectivity index (χ2n) is 5.09. The van der Waals surface area contributed by atoms with Crippen molar-refractivity contribution in [3.8, 4) is 0 Å². The number of para-hydroxylation sites is 1. The van der Waals surface area contributed by atoms with Crippen LogP contribution in [0.3, 0.4) is 0 Å². The molecule has 0 bridgehead atoms. The fourth-order valence-corrected chi connectivity index (χ4v) is 2.89. The number of aliphatic hydroxyl groups excluding tert-OH is 1. The number of carboxylic acid groups (broad SMARTS) is 1. The number of rotatable bonds is 5. The second kappa shape index (κ2) is 6.53. The predicted molar refractivity (Wildman–Crippen MR) is 76.7 cm³/mol. The molecule has 114 valence electrons. The fraction of sp³-hybridized carbons (Fsp3) is 0.500. The molecule has 0 aliphatic carbocycles. The lowest BCUT2D eigenvalue weighted by molar-refractivity contribution is -0.384. The van der Waals surface area contributed by atoms with E-state index in [0.717, 1.165) is 19.3 Å². The molecular formula is C14H18N2O5. The monoisotopic (exact) mass is 294 g/mol. The predicted octanol–water partition coefficient (Wildman–Crippen LogP) is 2.03. The van der Waals surface area contributed by atoms with Crippen LogP contribution in [0.4, 0.5) is 11.4 Å². The van der Waals surface area contributed by atoms with Crippen LogP contribution in [0.5, 0.6) is 0 Å². The summed E-state index contributed by atoms with van der Waals surface area (Å²) in [5.74, 6) is -1.31. The molecule has 7 heteroatoms. The molecule has 0 radical (unpaired) electrons. The average molecular weight is 294 g/mol. The Bertz CT molecular complexity index is 544. The topological polar surface area (TPSA) is 104 Å². The number of nitrogens with zero attached hydrogens (tertiary/aromatic N) is 2. The molecule has 0 saturated carbocycles. The van der Waals surface area contributed by atoms with Crippen LogP contribution in [0.2, 0.25) is 0 Å². The van der Waals surface area contributed by atoms with E-state index in [0.29, 0.717) is 18.7 Å². The Morgan fingerprint density at radius 3 is 2.81 bits per heavy atom. The molecule has 1 aromatic rings. The number of aromatic carboxylic acids is 1. The molecule has 7 nitrogen and oxygen atoms in total. The van der Waals surface area contributed by atoms with Crippen molar-refractivity contribution >= 4 is 17.3 Å². The largest absolute Gasteiger partial charge is 0.477 e. The van der Waals surface area contributed by atoms with Crippen LogP contribution in [0, 0.1) is 10.1 Å². The zero-order valence-corrected chi connectivity index (χ0v) is 11.6. The highest BCUT2D eigenvalue weighted by Gasteiger charge is 2.31. The van der Waals surface area contributed by atoms with E-state index in [1.54, 1.807) is 6.07 Å². The number of nitro benzene ring substituents is 1. The molecule has 1 unspecified atom stereocenters. The first kappa shape index (κ1) is 15.2. The van der Waals surface area contributed by atoms with Gasteiger partial charge in [-0.25, -0.2) is 4.79 Å². The minimum Gasteiger partial charge on any atom is -0.477 e. The highest BCUT2D eigenvalue weighted by Crippen LogP contribution is 2.36. The van der Waals surface area contributed by atoms with Crippen molar-refractivity contribution < 1.29 is 19.9 Å². The lowest BCUT2D eigenvalue weighted by Gasteiger charge is -2.37. The van der Waals surface area contributed by atoms with Gasteiger partial charge < -0.3 is 15.1 Å². The number of anilines is 1. The van der Waals surface area contributed by atoms with Gasteiger partial charge in [0.2, 0.25) is 0 Å². The van der Waals surface area contributed by atoms with Gasteiger partial charge in [-0.15, -0.1) is 0 Å². The number of benzene rings is 1. The van der Waals surface area contributed by atoms with Gasteiger partial charge in [-0.3, -0.25) is 10.1 Å². The molecule has 1 aromatic carbocycles. The first-order chi connectivity index (χ1) is 10.1. The van der Waals surface area contributed by atoms with E-state index >= 15 is 0 Å². The number of carboxylic acids is 1. The van der Waals surface area contributed by atoms with E-state index in [9.17, 15) is 14.9 Å². The molecular weight excluding hydrogens is 276 g/mol. The summed E-state index contributed by atoms with van der Waals surface area (Å²) in [4.78, 5) is 23.8. The first-order valence-electron chi connectivity index (χ1n) is 6.94. The quantitative estimate of drug-likeness (QED) is 0.636. The summed E-state index contributed by atoms with van der Waals surface area (Å²) in [6.45, 7) is 0.641. The van der Waals surface area contributed by atoms with Crippen LogP contribution in [0.25, 0.3) is 0 Å². The molecule has 21 heavy (non-hydrogen) atoms. The van der Waals surface area contributed by atoms with E-state index in [-0.39, 0.29) is 23.9 Å². The van der Waals surface area contributed by atoms with Crippen molar-refractivity contribution in [2.45, 2.75) is 31.7 Å². The maximum Gasteiger partial charge on any atom is 0.342 e. The van der Waals surface area contributed by atoms with Crippen LogP contribution in [0.15, 0.2) is 18.2 Å². The molecule has 1 fully saturated rings. The zero-order valence-electron chi connectivity index (χ0n) is 11.6. The number of aliphatic hydroxyl groups is 1. The Kier molecular flexibility index (Phi) is 4.74. The van der Waals surface area contributed by atoms with Crippen molar-refractivity contribution in [1.82, 2.24) is 0 Å². The highest BCUT2D eigenvalue weighted by atomic mass is 16.6. The van der Waals surface area contributed by atoms with Crippen molar-refractivity contribution in [3.05, 3.63) is 33.9 Å². The van der Waals surface area contributed by atoms with Gasteiger partial charge >= 0.3 is 11.7 Å². The SMILES string of the molecule is O=C(O)c1cccc(N2CCCCC2CCO)c1[N+](=O)[O-]. The third-order valence-electron chi connectivity index (χ3n) is 3.83. The number of carbonyl (C=O) groups is 1. The van der Waals surface area contributed by atoms with Crippen molar-refractivity contribution in [2.75, 3.05) is 18.1 Å². The van der Waals surface area contributed by atoms with E-state index in [4.69, 9.17) is 10.2 Å². The smallest absolute Gasteiger partial charge is 0.342 e. The third kappa shape index (κ3) is 3.13. The van der Waals surface area contributed by atoms with Crippen molar-refractivity contribution in [2.24, 2.45) is 0 Å². The Labute approximate surface area is 122 Å². The molecule has 2 rings (SSSR count). The second-order valence-corrected chi connectivity index (χ2v) is 5.09. The molecule has 1 saturated heterocycles. The van der Waals surface area contributed by atoms with Crippen molar-refractivity contribution in [3.63, 3.8) is 0 Å². The Morgan fingerprint density at radius 1 is 1.43 bits per heavy atom. The van der Waals surface area contributed by atoms with Crippen LogP contribution in [0.1, 0.15) is 36.0 Å². The summed E-state index contributed by atoms with van der Waals surface area (Å²) < 4.78 is 0. The molecule has 1 heterocycles. The van der Waals surface area contributed by atoms with Crippen LogP contribution in [-0.2, 0) is 0 Å². The van der Waals surface area contributed by atoms with Crippen LogP contribution < -0.4 is 4.90 Å². The summed E-state index contributed by atoms with van der Waals surface area (Å²) in [5, 5.41) is 29.6. The molecule has 1 aliphatic heterocycles. The van der Waals surface area contributed by atoms with Gasteiger partial charge in [-0.2, -0.15) is 0 Å². The Morgan fingerprint density at radius 2 is 2.19 bits per heavy atom. The summed E-state index contributed by atoms with van der Waals surface area (Å²) in [7, 11) is 0. The molecule has 0 spiro atoms. The van der Waals surface area contributed by atoms with E-state index < -0.39 is 10.9 Å². The Hall–Kier alpha value is -2.15. The van der Waals surface area contributed by atoms with Gasteiger partial charge in [0.05, 0.1) is 4.92 Å². The first-order valence-corrected chi connectivity index (χ1v) is 6.94. The lowest BCUT2D eigenvalue weighted by Crippen LogP contribution is -2.40. The van der Waals surface area contributed by atoms with Gasteiger partial charge in [0.1, 0.15) is 11.3 Å². The molecule has 1 atom stereocenters. The van der Waals surface area contributed by atoms with Gasteiger partial charge in [0, 0.05) is 19.2 Å². The summed E-state index contributed by atoms with van der Waals surface area (Å²) in [6.07, 6.45) is 3.27.